The highest BCUT2D eigenvalue weighted by Crippen LogP contribution is 2.43. The Morgan fingerprint density at radius 3 is 2.58 bits per heavy atom. The molecule has 0 aliphatic heterocycles. The Hall–Kier alpha value is -2.33. The molecule has 1 aliphatic rings. The van der Waals surface area contributed by atoms with Gasteiger partial charge in [-0.15, -0.1) is 5.16 Å². The zero-order valence-electron chi connectivity index (χ0n) is 20.5. The molecule has 2 aromatic carbocycles. The number of hydrogen-bond acceptors (Lipinski definition) is 4. The monoisotopic (exact) mass is 451 g/mol. The molecule has 0 bridgehead atoms. The highest BCUT2D eigenvalue weighted by atomic mass is 16.5. The molecule has 3 atom stereocenters. The van der Waals surface area contributed by atoms with Gasteiger partial charge in [-0.3, -0.25) is 0 Å². The number of benzene rings is 2. The van der Waals surface area contributed by atoms with Crippen molar-refractivity contribution in [2.45, 2.75) is 96.2 Å². The molecule has 180 valence electrons. The minimum atomic E-state index is -0.338. The van der Waals surface area contributed by atoms with Gasteiger partial charge in [0.05, 0.1) is 6.10 Å². The van der Waals surface area contributed by atoms with Gasteiger partial charge in [-0.25, -0.2) is 0 Å². The standard InChI is InChI=1S/C29H41NO3/c1-4-5-6-10-17-29(2,3)24-14-16-26(27-19-25(31)15-13-23(27)20-30-32)28(18-24)33-21-22-11-8-7-9-12-22/h7-9,11-12,14,16,18,20,23,25,27,31-32H,4-6,10,13,15,17,19,21H2,1-3H3/b30-20-. The predicted octanol–water partition coefficient (Wildman–Crippen LogP) is 7.22. The maximum absolute atomic E-state index is 10.4. The number of oxime groups is 1. The van der Waals surface area contributed by atoms with Gasteiger partial charge in [-0.1, -0.05) is 88.9 Å². The quantitative estimate of drug-likeness (QED) is 0.164. The van der Waals surface area contributed by atoms with Crippen molar-refractivity contribution < 1.29 is 15.1 Å². The van der Waals surface area contributed by atoms with E-state index in [0.717, 1.165) is 36.1 Å². The second kappa shape index (κ2) is 12.2. The van der Waals surface area contributed by atoms with Gasteiger partial charge < -0.3 is 15.1 Å². The zero-order valence-corrected chi connectivity index (χ0v) is 20.5. The molecule has 4 heteroatoms. The third-order valence-electron chi connectivity index (χ3n) is 7.22. The van der Waals surface area contributed by atoms with E-state index in [2.05, 4.69) is 56.3 Å². The van der Waals surface area contributed by atoms with Crippen LogP contribution in [0, 0.1) is 5.92 Å². The molecule has 2 N–H and O–H groups in total. The van der Waals surface area contributed by atoms with Gasteiger partial charge >= 0.3 is 0 Å². The van der Waals surface area contributed by atoms with Crippen LogP contribution in [0.25, 0.3) is 0 Å². The first-order valence-electron chi connectivity index (χ1n) is 12.6. The first-order chi connectivity index (χ1) is 15.9. The normalized spacial score (nSPS) is 21.4. The summed E-state index contributed by atoms with van der Waals surface area (Å²) in [6.45, 7) is 7.39. The van der Waals surface area contributed by atoms with Crippen LogP contribution in [0.2, 0.25) is 0 Å². The lowest BCUT2D eigenvalue weighted by Crippen LogP contribution is -2.28. The molecule has 1 fully saturated rings. The van der Waals surface area contributed by atoms with Crippen molar-refractivity contribution in [2.24, 2.45) is 11.1 Å². The first kappa shape index (κ1) is 25.3. The second-order valence-corrected chi connectivity index (χ2v) is 10.2. The summed E-state index contributed by atoms with van der Waals surface area (Å²) in [7, 11) is 0. The summed E-state index contributed by atoms with van der Waals surface area (Å²) < 4.78 is 6.43. The zero-order chi connectivity index (χ0) is 23.7. The van der Waals surface area contributed by atoms with E-state index in [1.807, 2.05) is 18.2 Å². The molecule has 3 unspecified atom stereocenters. The minimum absolute atomic E-state index is 0.0646. The molecule has 2 aromatic rings. The Morgan fingerprint density at radius 2 is 1.85 bits per heavy atom. The van der Waals surface area contributed by atoms with E-state index >= 15 is 0 Å². The van der Waals surface area contributed by atoms with Crippen LogP contribution in [0.1, 0.15) is 94.7 Å². The molecule has 0 radical (unpaired) electrons. The highest BCUT2D eigenvalue weighted by molar-refractivity contribution is 5.63. The van der Waals surface area contributed by atoms with Crippen LogP contribution in [0.15, 0.2) is 53.7 Å². The van der Waals surface area contributed by atoms with Crippen LogP contribution in [0.5, 0.6) is 5.75 Å². The number of aliphatic hydroxyl groups excluding tert-OH is 1. The Kier molecular flexibility index (Phi) is 9.37. The molecular weight excluding hydrogens is 410 g/mol. The lowest BCUT2D eigenvalue weighted by molar-refractivity contribution is 0.107. The van der Waals surface area contributed by atoms with Crippen molar-refractivity contribution in [1.29, 1.82) is 0 Å². The Bertz CT molecular complexity index is 878. The Morgan fingerprint density at radius 1 is 1.06 bits per heavy atom. The molecule has 0 spiro atoms. The van der Waals surface area contributed by atoms with E-state index in [9.17, 15) is 10.3 Å². The minimum Gasteiger partial charge on any atom is -0.489 e. The van der Waals surface area contributed by atoms with Gasteiger partial charge in [-0.05, 0) is 59.8 Å². The van der Waals surface area contributed by atoms with Gasteiger partial charge in [0.2, 0.25) is 0 Å². The van der Waals surface area contributed by atoms with Crippen LogP contribution in [0.3, 0.4) is 0 Å². The number of rotatable bonds is 11. The average Bonchev–Trinajstić information content (AvgIpc) is 2.82. The van der Waals surface area contributed by atoms with Gasteiger partial charge in [0.15, 0.2) is 0 Å². The summed E-state index contributed by atoms with van der Waals surface area (Å²) in [5.74, 6) is 1.04. The van der Waals surface area contributed by atoms with Gasteiger partial charge in [0.1, 0.15) is 12.4 Å². The van der Waals surface area contributed by atoms with E-state index < -0.39 is 0 Å². The molecule has 1 saturated carbocycles. The summed E-state index contributed by atoms with van der Waals surface area (Å²) >= 11 is 0. The number of hydrogen-bond donors (Lipinski definition) is 2. The molecule has 0 heterocycles. The third kappa shape index (κ3) is 7.07. The van der Waals surface area contributed by atoms with E-state index in [1.165, 1.54) is 31.2 Å². The number of ether oxygens (including phenoxy) is 1. The van der Waals surface area contributed by atoms with Gasteiger partial charge in [0.25, 0.3) is 0 Å². The Labute approximate surface area is 199 Å². The maximum Gasteiger partial charge on any atom is 0.123 e. The smallest absolute Gasteiger partial charge is 0.123 e. The lowest BCUT2D eigenvalue weighted by Gasteiger charge is -2.34. The van der Waals surface area contributed by atoms with E-state index in [1.54, 1.807) is 6.21 Å². The summed E-state index contributed by atoms with van der Waals surface area (Å²) in [4.78, 5) is 0. The molecule has 0 amide bonds. The lowest BCUT2D eigenvalue weighted by atomic mass is 9.73. The van der Waals surface area contributed by atoms with Crippen LogP contribution in [-0.2, 0) is 12.0 Å². The van der Waals surface area contributed by atoms with Crippen molar-refractivity contribution in [3.8, 4) is 5.75 Å². The second-order valence-electron chi connectivity index (χ2n) is 10.2. The fraction of sp³-hybridized carbons (Fsp3) is 0.552. The van der Waals surface area contributed by atoms with Crippen molar-refractivity contribution in [2.75, 3.05) is 0 Å². The SMILES string of the molecule is CCCCCCC(C)(C)c1ccc(C2CC(O)CCC2/C=N\O)c(OCc2ccccc2)c1. The van der Waals surface area contributed by atoms with Crippen LogP contribution in [0.4, 0.5) is 0 Å². The largest absolute Gasteiger partial charge is 0.489 e. The van der Waals surface area contributed by atoms with E-state index in [4.69, 9.17) is 4.74 Å². The van der Waals surface area contributed by atoms with Gasteiger partial charge in [0, 0.05) is 12.1 Å². The molecule has 3 rings (SSSR count). The molecular formula is C29H41NO3. The number of nitrogens with zero attached hydrogens (tertiary/aromatic N) is 1. The number of unbranched alkanes of at least 4 members (excludes halogenated alkanes) is 3. The fourth-order valence-electron chi connectivity index (χ4n) is 5.05. The van der Waals surface area contributed by atoms with Crippen LogP contribution >= 0.6 is 0 Å². The molecule has 1 aliphatic carbocycles. The summed E-state index contributed by atoms with van der Waals surface area (Å²) in [5.41, 5.74) is 3.58. The fourth-order valence-corrected chi connectivity index (χ4v) is 5.05. The number of aliphatic hydroxyl groups is 1. The molecule has 4 nitrogen and oxygen atoms in total. The van der Waals surface area contributed by atoms with Crippen molar-refractivity contribution in [1.82, 2.24) is 0 Å². The predicted molar refractivity (Wildman–Crippen MR) is 135 cm³/mol. The average molecular weight is 452 g/mol. The van der Waals surface area contributed by atoms with E-state index in [0.29, 0.717) is 13.0 Å². The topological polar surface area (TPSA) is 62.1 Å². The summed E-state index contributed by atoms with van der Waals surface area (Å²) in [5, 5.41) is 23.0. The third-order valence-corrected chi connectivity index (χ3v) is 7.22. The molecule has 33 heavy (non-hydrogen) atoms. The molecule has 0 aromatic heterocycles. The maximum atomic E-state index is 10.4. The van der Waals surface area contributed by atoms with Crippen LogP contribution < -0.4 is 4.74 Å². The van der Waals surface area contributed by atoms with Crippen LogP contribution in [-0.4, -0.2) is 22.6 Å². The van der Waals surface area contributed by atoms with Crippen molar-refractivity contribution in [3.05, 3.63) is 65.2 Å². The summed E-state index contributed by atoms with van der Waals surface area (Å²) in [6, 6.07) is 16.9. The van der Waals surface area contributed by atoms with Crippen molar-refractivity contribution in [3.63, 3.8) is 0 Å². The highest BCUT2D eigenvalue weighted by Gasteiger charge is 2.33. The molecule has 0 saturated heterocycles. The Balaban J connectivity index is 1.90. The van der Waals surface area contributed by atoms with Crippen molar-refractivity contribution >= 4 is 6.21 Å². The van der Waals surface area contributed by atoms with Gasteiger partial charge in [-0.2, -0.15) is 0 Å². The summed E-state index contributed by atoms with van der Waals surface area (Å²) in [6.07, 6.45) is 9.67. The first-order valence-corrected chi connectivity index (χ1v) is 12.6. The van der Waals surface area contributed by atoms with E-state index in [-0.39, 0.29) is 23.4 Å².